The number of hydrogen-bond acceptors (Lipinski definition) is 10. The number of hydrogen-bond donors (Lipinski definition) is 7. The Balaban J connectivity index is 0.00000722. The van der Waals surface area contributed by atoms with Crippen LogP contribution in [0.4, 0.5) is 0 Å². The predicted molar refractivity (Wildman–Crippen MR) is 292 cm³/mol. The molecule has 0 saturated carbocycles. The summed E-state index contributed by atoms with van der Waals surface area (Å²) in [6.45, 7) is 14.5. The summed E-state index contributed by atoms with van der Waals surface area (Å²) in [5, 5.41) is 20.6. The molecule has 1 fully saturated rings. The van der Waals surface area contributed by atoms with Crippen LogP contribution in [0.1, 0.15) is 150 Å². The van der Waals surface area contributed by atoms with Gasteiger partial charge in [0.05, 0.1) is 24.2 Å². The second-order valence-electron chi connectivity index (χ2n) is 21.0. The van der Waals surface area contributed by atoms with E-state index in [9.17, 15) is 38.4 Å². The lowest BCUT2D eigenvalue weighted by molar-refractivity contribution is -0.144. The first-order valence-electron chi connectivity index (χ1n) is 25.6. The number of carbonyl (C=O) groups excluding carboxylic acids is 8. The van der Waals surface area contributed by atoms with Crippen LogP contribution in [0, 0.1) is 17.3 Å². The third kappa shape index (κ3) is 16.9. The van der Waals surface area contributed by atoms with Gasteiger partial charge in [0.2, 0.25) is 35.4 Å². The zero-order valence-corrected chi connectivity index (χ0v) is 46.3. The maximum Gasteiger partial charge on any atom is 0.246 e. The van der Waals surface area contributed by atoms with Crippen molar-refractivity contribution in [3.05, 3.63) is 107 Å². The van der Waals surface area contributed by atoms with Gasteiger partial charge in [0.1, 0.15) is 24.2 Å². The zero-order chi connectivity index (χ0) is 52.9. The Morgan fingerprint density at radius 3 is 1.92 bits per heavy atom. The van der Waals surface area contributed by atoms with Crippen molar-refractivity contribution < 1.29 is 38.4 Å². The fraction of sp³-hybridized carbons (Fsp3) is 0.536. The number of fused-ring (bicyclic) bond motifs is 1. The van der Waals surface area contributed by atoms with Crippen LogP contribution in [0.25, 0.3) is 0 Å². The number of nitrogens with one attached hydrogen (secondary N) is 7. The minimum atomic E-state index is -1.03. The van der Waals surface area contributed by atoms with E-state index in [4.69, 9.17) is 0 Å². The van der Waals surface area contributed by atoms with Crippen molar-refractivity contribution in [1.29, 1.82) is 0 Å². The average Bonchev–Trinajstić information content (AvgIpc) is 3.79. The maximum atomic E-state index is 14.6. The van der Waals surface area contributed by atoms with Gasteiger partial charge in [0.25, 0.3) is 0 Å². The topological polar surface area (TPSA) is 224 Å². The van der Waals surface area contributed by atoms with Crippen molar-refractivity contribution in [2.45, 2.75) is 155 Å². The number of aryl methyl sites for hydroxylation is 1. The van der Waals surface area contributed by atoms with Gasteiger partial charge in [-0.05, 0) is 113 Å². The highest BCUT2D eigenvalue weighted by molar-refractivity contribution is 6.02. The Morgan fingerprint density at radius 1 is 0.689 bits per heavy atom. The first-order chi connectivity index (χ1) is 34.1. The summed E-state index contributed by atoms with van der Waals surface area (Å²) in [7, 11) is 3.30. The molecule has 1 aliphatic carbocycles. The molecule has 0 bridgehead atoms. The third-order valence-corrected chi connectivity index (χ3v) is 14.1. The molecule has 0 unspecified atom stereocenters. The van der Waals surface area contributed by atoms with Crippen LogP contribution in [0.15, 0.2) is 78.9 Å². The van der Waals surface area contributed by atoms with Gasteiger partial charge in [0.15, 0.2) is 11.6 Å². The molecule has 5 rings (SSSR count). The van der Waals surface area contributed by atoms with Gasteiger partial charge < -0.3 is 42.1 Å². The number of rotatable bonds is 23. The molecule has 406 valence electrons. The Bertz CT molecular complexity index is 2420. The summed E-state index contributed by atoms with van der Waals surface area (Å²) in [5.41, 5.74) is 2.99. The van der Waals surface area contributed by atoms with Crippen LogP contribution >= 0.6 is 24.8 Å². The normalized spacial score (nSPS) is 18.6. The van der Waals surface area contributed by atoms with Crippen LogP contribution in [0.5, 0.6) is 0 Å². The van der Waals surface area contributed by atoms with Crippen LogP contribution in [0.2, 0.25) is 0 Å². The zero-order valence-electron chi connectivity index (χ0n) is 44.7. The molecule has 3 aromatic rings. The van der Waals surface area contributed by atoms with Crippen molar-refractivity contribution in [3.63, 3.8) is 0 Å². The number of ketones is 2. The Hall–Kier alpha value is -5.68. The van der Waals surface area contributed by atoms with E-state index in [0.29, 0.717) is 11.1 Å². The second-order valence-corrected chi connectivity index (χ2v) is 21.0. The number of likely N-dealkylation sites (tertiary alicyclic amines) is 1. The molecule has 1 heterocycles. The predicted octanol–water partition coefficient (Wildman–Crippen LogP) is 6.12. The van der Waals surface area contributed by atoms with Crippen molar-refractivity contribution in [2.24, 2.45) is 17.3 Å². The fourth-order valence-electron chi connectivity index (χ4n) is 9.42. The average molecular weight is 1060 g/mol. The summed E-state index contributed by atoms with van der Waals surface area (Å²) in [5.74, 6) is -3.61. The van der Waals surface area contributed by atoms with Gasteiger partial charge in [-0.25, -0.2) is 0 Å². The summed E-state index contributed by atoms with van der Waals surface area (Å²) >= 11 is 0. The third-order valence-electron chi connectivity index (χ3n) is 14.1. The smallest absolute Gasteiger partial charge is 0.246 e. The Kier molecular flexibility index (Phi) is 24.4. The molecule has 74 heavy (non-hydrogen) atoms. The van der Waals surface area contributed by atoms with Gasteiger partial charge in [-0.1, -0.05) is 107 Å². The van der Waals surface area contributed by atoms with Gasteiger partial charge in [-0.2, -0.15) is 0 Å². The lowest BCUT2D eigenvalue weighted by Crippen LogP contribution is -2.59. The number of nitrogens with zero attached hydrogens (tertiary/aromatic N) is 1. The van der Waals surface area contributed by atoms with E-state index in [-0.39, 0.29) is 111 Å². The number of carbonyl (C=O) groups is 8. The highest BCUT2D eigenvalue weighted by Crippen LogP contribution is 2.34. The fourth-order valence-corrected chi connectivity index (χ4v) is 9.42. The number of Topliss-reactive ketones (excluding diaryl/α,β-unsaturated/α-hetero) is 2. The van der Waals surface area contributed by atoms with E-state index >= 15 is 0 Å². The molecule has 9 atom stereocenters. The van der Waals surface area contributed by atoms with Crippen LogP contribution in [-0.4, -0.2) is 109 Å². The molecule has 2 aliphatic rings. The lowest BCUT2D eigenvalue weighted by atomic mass is 9.85. The lowest BCUT2D eigenvalue weighted by Gasteiger charge is -2.36. The van der Waals surface area contributed by atoms with Crippen molar-refractivity contribution in [2.75, 3.05) is 20.6 Å². The highest BCUT2D eigenvalue weighted by atomic mass is 35.5. The van der Waals surface area contributed by atoms with Crippen molar-refractivity contribution >= 4 is 71.8 Å². The summed E-state index contributed by atoms with van der Waals surface area (Å²) in [6.07, 6.45) is 3.14. The number of benzene rings is 3. The van der Waals surface area contributed by atoms with E-state index < -0.39 is 65.3 Å². The first kappa shape index (κ1) is 62.6. The molecule has 0 radical (unpaired) electrons. The number of halogens is 2. The molecular weight excluding hydrogens is 984 g/mol. The van der Waals surface area contributed by atoms with Gasteiger partial charge in [-0.15, -0.1) is 24.8 Å². The maximum absolute atomic E-state index is 14.6. The Morgan fingerprint density at radius 2 is 1.30 bits per heavy atom. The summed E-state index contributed by atoms with van der Waals surface area (Å²) in [6, 6.07) is 18.3. The summed E-state index contributed by atoms with van der Waals surface area (Å²) < 4.78 is 0. The van der Waals surface area contributed by atoms with Gasteiger partial charge in [0, 0.05) is 30.5 Å². The first-order valence-corrected chi connectivity index (χ1v) is 25.6. The second kappa shape index (κ2) is 28.8. The molecule has 0 spiro atoms. The standard InChI is InChI=1S/C56H78N8O8.2ClH/c1-33(2)48(62-50(67)35(4)57-9)54(71)61-44(52(69)59-34(3)38-19-12-11-13-20-38)27-18-28-46(65)40-23-16-24-41(31-40)47(66)30-37-29-45(53(70)60-43-26-17-22-39-21-14-15-25-42(39)43)64(32-37)55(72)49(56(6,7)8)63-51(68)36(5)58-10;;/h11-16,19-21,23-25,31,33-37,43-45,48-49,57-58H,17-18,22,26-30,32H2,1-10H3,(H,59,69)(H,60,70)(H,61,71)(H,62,67)(H,63,68);2*1H/t34-,35+,36+,37-,43-,44+,45+,48+,49-;;/m1../s1. The molecule has 0 aromatic heterocycles. The SMILES string of the molecule is CN[C@@H](C)C(=O)N[C@H](C(=O)N[C@@H](CCCC(=O)c1cccc(C(=O)C[C@H]2C[C@@H](C(=O)N[C@@H]3CCCc4ccccc43)N(C(=O)[C@@H](NC(=O)[C@H](C)NC)C(C)(C)C)C2)c1)C(=O)N[C@H](C)c1ccccc1)C(C)C.Cl.Cl. The molecule has 7 N–H and O–H groups in total. The van der Waals surface area contributed by atoms with E-state index in [1.54, 1.807) is 66.1 Å². The van der Waals surface area contributed by atoms with Crippen molar-refractivity contribution in [3.8, 4) is 0 Å². The molecule has 3 aromatic carbocycles. The minimum absolute atomic E-state index is 0. The summed E-state index contributed by atoms with van der Waals surface area (Å²) in [4.78, 5) is 112. The Labute approximate surface area is 450 Å². The minimum Gasteiger partial charge on any atom is -0.348 e. The highest BCUT2D eigenvalue weighted by Gasteiger charge is 2.46. The molecule has 1 saturated heterocycles. The van der Waals surface area contributed by atoms with Crippen molar-refractivity contribution in [1.82, 2.24) is 42.1 Å². The quantitative estimate of drug-likeness (QED) is 0.0540. The number of amides is 6. The molecule has 1 aliphatic heterocycles. The number of likely N-dealkylation sites (N-methyl/N-ethyl adjacent to an activating group) is 2. The van der Waals surface area contributed by atoms with Crippen LogP contribution in [-0.2, 0) is 35.2 Å². The van der Waals surface area contributed by atoms with E-state index in [1.807, 2.05) is 76.2 Å². The van der Waals surface area contributed by atoms with E-state index in [2.05, 4.69) is 43.3 Å². The molecule has 16 nitrogen and oxygen atoms in total. The largest absolute Gasteiger partial charge is 0.348 e. The van der Waals surface area contributed by atoms with Crippen LogP contribution < -0.4 is 37.2 Å². The monoisotopic (exact) mass is 1060 g/mol. The molecule has 6 amide bonds. The van der Waals surface area contributed by atoms with Crippen LogP contribution in [0.3, 0.4) is 0 Å². The van der Waals surface area contributed by atoms with Gasteiger partial charge in [-0.3, -0.25) is 38.4 Å². The molecule has 18 heteroatoms. The van der Waals surface area contributed by atoms with E-state index in [0.717, 1.165) is 30.4 Å². The molecular formula is C56H80Cl2N8O8. The van der Waals surface area contributed by atoms with Gasteiger partial charge >= 0.3 is 0 Å². The van der Waals surface area contributed by atoms with E-state index in [1.165, 1.54) is 10.5 Å².